The minimum atomic E-state index is -1.15. The molecule has 2 aromatic carbocycles. The van der Waals surface area contributed by atoms with Crippen LogP contribution in [-0.4, -0.2) is 41.2 Å². The maximum atomic E-state index is 14.7. The average Bonchev–Trinajstić information content (AvgIpc) is 3.33. The Bertz CT molecular complexity index is 1380. The fourth-order valence-electron chi connectivity index (χ4n) is 3.08. The molecule has 0 radical (unpaired) electrons. The number of benzene rings is 2. The van der Waals surface area contributed by atoms with Crippen molar-refractivity contribution >= 4 is 34.3 Å². The largest absolute Gasteiger partial charge is 0.488 e. The van der Waals surface area contributed by atoms with Gasteiger partial charge in [0.25, 0.3) is 0 Å². The molecule has 1 amide bonds. The molecule has 2 aromatic heterocycles. The lowest BCUT2D eigenvalue weighted by Crippen LogP contribution is -2.08. The molecule has 0 aliphatic rings. The molecule has 0 aliphatic heterocycles. The number of rotatable bonds is 10. The van der Waals surface area contributed by atoms with Gasteiger partial charge in [-0.2, -0.15) is 14.4 Å². The Morgan fingerprint density at radius 1 is 1.14 bits per heavy atom. The van der Waals surface area contributed by atoms with Crippen LogP contribution in [0.4, 0.5) is 26.1 Å². The number of hydrogen-bond donors (Lipinski definition) is 3. The maximum absolute atomic E-state index is 14.7. The Morgan fingerprint density at radius 3 is 2.80 bits per heavy atom. The lowest BCUT2D eigenvalue weighted by molar-refractivity contribution is -0.111. The summed E-state index contributed by atoms with van der Waals surface area (Å²) in [6.45, 7) is 3.73. The quantitative estimate of drug-likeness (QED) is 0.218. The van der Waals surface area contributed by atoms with Crippen LogP contribution in [0.3, 0.4) is 0 Å². The molecule has 2 heterocycles. The van der Waals surface area contributed by atoms with E-state index >= 15 is 0 Å². The van der Waals surface area contributed by atoms with E-state index in [1.54, 1.807) is 36.5 Å². The molecular formula is C24H21F2N5O4. The number of hydrogen-bond acceptors (Lipinski definition) is 7. The van der Waals surface area contributed by atoms with E-state index in [0.717, 1.165) is 6.08 Å². The summed E-state index contributed by atoms with van der Waals surface area (Å²) < 4.78 is 45.0. The van der Waals surface area contributed by atoms with E-state index in [-0.39, 0.29) is 42.4 Å². The fraction of sp³-hybridized carbons (Fsp3) is 0.125. The van der Waals surface area contributed by atoms with E-state index in [1.165, 1.54) is 19.2 Å². The summed E-state index contributed by atoms with van der Waals surface area (Å²) in [4.78, 5) is 23.1. The van der Waals surface area contributed by atoms with E-state index in [0.29, 0.717) is 22.5 Å². The van der Waals surface area contributed by atoms with Gasteiger partial charge < -0.3 is 29.8 Å². The summed E-state index contributed by atoms with van der Waals surface area (Å²) in [5.41, 5.74) is 0.720. The van der Waals surface area contributed by atoms with Crippen LogP contribution in [0, 0.1) is 11.6 Å². The zero-order valence-corrected chi connectivity index (χ0v) is 18.6. The molecule has 0 unspecified atom stereocenters. The first-order chi connectivity index (χ1) is 17.0. The fourth-order valence-corrected chi connectivity index (χ4v) is 3.08. The molecule has 0 saturated heterocycles. The second-order valence-corrected chi connectivity index (χ2v) is 7.12. The molecule has 4 aromatic rings. The number of nitrogens with zero attached hydrogens (tertiary/aromatic N) is 2. The van der Waals surface area contributed by atoms with E-state index < -0.39 is 11.6 Å². The molecule has 4 rings (SSSR count). The molecule has 11 heteroatoms. The van der Waals surface area contributed by atoms with Gasteiger partial charge in [0.1, 0.15) is 18.0 Å². The lowest BCUT2D eigenvalue weighted by Gasteiger charge is -2.12. The zero-order valence-electron chi connectivity index (χ0n) is 18.6. The molecule has 0 aliphatic carbocycles. The molecule has 0 saturated carbocycles. The van der Waals surface area contributed by atoms with Gasteiger partial charge in [-0.15, -0.1) is 0 Å². The highest BCUT2D eigenvalue weighted by atomic mass is 19.2. The van der Waals surface area contributed by atoms with Crippen molar-refractivity contribution in [2.45, 2.75) is 0 Å². The first kappa shape index (κ1) is 23.6. The summed E-state index contributed by atoms with van der Waals surface area (Å²) in [5.74, 6) is -2.39. The zero-order chi connectivity index (χ0) is 24.8. The first-order valence-electron chi connectivity index (χ1n) is 10.4. The summed E-state index contributed by atoms with van der Waals surface area (Å²) in [6.07, 6.45) is 2.79. The van der Waals surface area contributed by atoms with Crippen molar-refractivity contribution in [1.82, 2.24) is 15.0 Å². The molecule has 0 fully saturated rings. The number of H-pyrrole nitrogens is 1. The van der Waals surface area contributed by atoms with Crippen LogP contribution in [0.5, 0.6) is 17.4 Å². The predicted molar refractivity (Wildman–Crippen MR) is 126 cm³/mol. The third-order valence-corrected chi connectivity index (χ3v) is 4.72. The summed E-state index contributed by atoms with van der Waals surface area (Å²) >= 11 is 0. The van der Waals surface area contributed by atoms with Crippen LogP contribution >= 0.6 is 0 Å². The number of nitrogens with one attached hydrogen (secondary N) is 3. The van der Waals surface area contributed by atoms with Crippen LogP contribution in [0.2, 0.25) is 0 Å². The second-order valence-electron chi connectivity index (χ2n) is 7.12. The van der Waals surface area contributed by atoms with Crippen molar-refractivity contribution in [3.63, 3.8) is 0 Å². The van der Waals surface area contributed by atoms with Crippen LogP contribution in [0.15, 0.2) is 61.3 Å². The van der Waals surface area contributed by atoms with Gasteiger partial charge in [-0.1, -0.05) is 12.6 Å². The Morgan fingerprint density at radius 2 is 2.00 bits per heavy atom. The van der Waals surface area contributed by atoms with E-state index in [2.05, 4.69) is 32.2 Å². The monoisotopic (exact) mass is 481 g/mol. The highest BCUT2D eigenvalue weighted by Gasteiger charge is 2.17. The van der Waals surface area contributed by atoms with E-state index in [4.69, 9.17) is 14.2 Å². The molecule has 180 valence electrons. The Labute approximate surface area is 198 Å². The summed E-state index contributed by atoms with van der Waals surface area (Å²) in [5, 5.41) is 5.88. The van der Waals surface area contributed by atoms with E-state index in [9.17, 15) is 13.6 Å². The van der Waals surface area contributed by atoms with Crippen molar-refractivity contribution in [2.24, 2.45) is 0 Å². The number of methoxy groups -OCH3 is 1. The number of aromatic amines is 1. The van der Waals surface area contributed by atoms with Crippen molar-refractivity contribution in [3.05, 3.63) is 73.0 Å². The van der Waals surface area contributed by atoms with Gasteiger partial charge in [-0.05, 0) is 36.4 Å². The number of ether oxygens (including phenoxy) is 3. The molecule has 0 bridgehead atoms. The van der Waals surface area contributed by atoms with Gasteiger partial charge in [0.05, 0.1) is 17.7 Å². The molecule has 0 spiro atoms. The van der Waals surface area contributed by atoms with Gasteiger partial charge in [0, 0.05) is 25.1 Å². The van der Waals surface area contributed by atoms with Gasteiger partial charge >= 0.3 is 0 Å². The number of fused-ring (bicyclic) bond motifs is 1. The summed E-state index contributed by atoms with van der Waals surface area (Å²) in [6, 6.07) is 11.0. The number of carbonyl (C=O) groups excluding carboxylic acids is 1. The van der Waals surface area contributed by atoms with Crippen LogP contribution in [0.1, 0.15) is 0 Å². The second kappa shape index (κ2) is 10.6. The van der Waals surface area contributed by atoms with Crippen molar-refractivity contribution < 1.29 is 27.8 Å². The topological polar surface area (TPSA) is 110 Å². The molecule has 35 heavy (non-hydrogen) atoms. The minimum absolute atomic E-state index is 0.0302. The smallest absolute Gasteiger partial charge is 0.247 e. The molecule has 0 atom stereocenters. The Balaban J connectivity index is 1.60. The number of aromatic nitrogens is 3. The predicted octanol–water partition coefficient (Wildman–Crippen LogP) is 4.92. The normalized spacial score (nSPS) is 10.7. The lowest BCUT2D eigenvalue weighted by atomic mass is 10.2. The highest BCUT2D eigenvalue weighted by Crippen LogP contribution is 2.32. The molecular weight excluding hydrogens is 460 g/mol. The number of carbonyl (C=O) groups is 1. The first-order valence-corrected chi connectivity index (χ1v) is 10.4. The Hall–Kier alpha value is -4.51. The SMILES string of the molecule is C=CC(=O)Nc1cccc(Oc2nc(Nc3ccc(OCCOC)c(F)c3F)nc3[nH]ccc23)c1. The van der Waals surface area contributed by atoms with E-state index in [1.807, 2.05) is 0 Å². The van der Waals surface area contributed by atoms with Gasteiger partial charge in [0.15, 0.2) is 11.6 Å². The maximum Gasteiger partial charge on any atom is 0.247 e. The van der Waals surface area contributed by atoms with Crippen molar-refractivity contribution in [1.29, 1.82) is 0 Å². The van der Waals surface area contributed by atoms with Gasteiger partial charge in [0.2, 0.25) is 23.6 Å². The van der Waals surface area contributed by atoms with Crippen LogP contribution in [0.25, 0.3) is 11.0 Å². The van der Waals surface area contributed by atoms with Gasteiger partial charge in [-0.3, -0.25) is 4.79 Å². The minimum Gasteiger partial charge on any atom is -0.488 e. The number of halogens is 2. The number of amides is 1. The number of anilines is 3. The molecule has 3 N–H and O–H groups in total. The van der Waals surface area contributed by atoms with Crippen molar-refractivity contribution in [2.75, 3.05) is 31.0 Å². The standard InChI is InChI=1S/C24H21F2N5O4/c1-3-19(32)28-14-5-4-6-15(13-14)35-23-16-9-10-27-22(16)30-24(31-23)29-17-7-8-18(21(26)20(17)25)34-12-11-33-2/h3-10,13H,1,11-12H2,2H3,(H,28,32)(H2,27,29,30,31). The third-order valence-electron chi connectivity index (χ3n) is 4.72. The van der Waals surface area contributed by atoms with Crippen molar-refractivity contribution in [3.8, 4) is 17.4 Å². The van der Waals surface area contributed by atoms with Crippen LogP contribution in [-0.2, 0) is 9.53 Å². The highest BCUT2D eigenvalue weighted by molar-refractivity contribution is 5.99. The van der Waals surface area contributed by atoms with Crippen LogP contribution < -0.4 is 20.1 Å². The molecule has 9 nitrogen and oxygen atoms in total. The van der Waals surface area contributed by atoms with Gasteiger partial charge in [-0.25, -0.2) is 4.39 Å². The Kier molecular flexibility index (Phi) is 7.17. The average molecular weight is 481 g/mol. The summed E-state index contributed by atoms with van der Waals surface area (Å²) in [7, 11) is 1.48. The third kappa shape index (κ3) is 5.53.